The number of ketones is 1. The Morgan fingerprint density at radius 1 is 1.45 bits per heavy atom. The van der Waals surface area contributed by atoms with E-state index >= 15 is 0 Å². The maximum atomic E-state index is 11.3. The summed E-state index contributed by atoms with van der Waals surface area (Å²) in [6.45, 7) is 5.62. The molecule has 1 aliphatic carbocycles. The molecule has 0 saturated heterocycles. The molecule has 5 nitrogen and oxygen atoms in total. The van der Waals surface area contributed by atoms with Crippen molar-refractivity contribution >= 4 is 11.8 Å². The molecule has 0 atom stereocenters. The second kappa shape index (κ2) is 5.38. The zero-order chi connectivity index (χ0) is 14.9. The summed E-state index contributed by atoms with van der Waals surface area (Å²) >= 11 is 0. The van der Waals surface area contributed by atoms with Gasteiger partial charge in [-0.1, -0.05) is 6.92 Å². The number of carbonyl (C=O) groups excluding carboxylic acids is 1. The monoisotopic (exact) mass is 278 g/mol. The third-order valence-electron chi connectivity index (χ3n) is 4.46. The Morgan fingerprint density at radius 2 is 2.05 bits per heavy atom. The Morgan fingerprint density at radius 3 is 2.50 bits per heavy atom. The summed E-state index contributed by atoms with van der Waals surface area (Å²) < 4.78 is 1.84. The fraction of sp³-hybridized carbons (Fsp3) is 0.667. The summed E-state index contributed by atoms with van der Waals surface area (Å²) in [4.78, 5) is 22.4. The fourth-order valence-electron chi connectivity index (χ4n) is 3.32. The van der Waals surface area contributed by atoms with E-state index in [4.69, 9.17) is 5.11 Å². The molecule has 5 heteroatoms. The van der Waals surface area contributed by atoms with E-state index in [1.54, 1.807) is 13.8 Å². The quantitative estimate of drug-likeness (QED) is 0.919. The van der Waals surface area contributed by atoms with Crippen LogP contribution in [-0.2, 0) is 4.79 Å². The summed E-state index contributed by atoms with van der Waals surface area (Å²) in [5.41, 5.74) is 1.10. The van der Waals surface area contributed by atoms with Gasteiger partial charge in [0.2, 0.25) is 0 Å². The van der Waals surface area contributed by atoms with Crippen molar-refractivity contribution in [1.29, 1.82) is 0 Å². The standard InChI is InChI=1S/C15H22N2O3/c1-10(18)8-15(3)6-4-12(5-7-15)17-11(2)13(9-16-17)14(19)20/h9,12H,4-8H2,1-3H3,(H,19,20)/t12-,15-. The first-order valence-corrected chi connectivity index (χ1v) is 7.09. The first-order chi connectivity index (χ1) is 9.32. The van der Waals surface area contributed by atoms with Crippen molar-refractivity contribution in [2.45, 2.75) is 58.9 Å². The third kappa shape index (κ3) is 2.92. The lowest BCUT2D eigenvalue weighted by Gasteiger charge is -2.37. The van der Waals surface area contributed by atoms with Gasteiger partial charge in [0.05, 0.1) is 17.9 Å². The van der Waals surface area contributed by atoms with Gasteiger partial charge in [-0.3, -0.25) is 4.68 Å². The molecule has 1 aliphatic rings. The highest BCUT2D eigenvalue weighted by atomic mass is 16.4. The third-order valence-corrected chi connectivity index (χ3v) is 4.46. The molecular weight excluding hydrogens is 256 g/mol. The average molecular weight is 278 g/mol. The number of rotatable bonds is 4. The predicted molar refractivity (Wildman–Crippen MR) is 74.8 cm³/mol. The van der Waals surface area contributed by atoms with Crippen LogP contribution in [0.25, 0.3) is 0 Å². The SMILES string of the molecule is CC(=O)C[C@]1(C)CC[C@@H](n2ncc(C(=O)O)c2C)CC1. The van der Waals surface area contributed by atoms with Crippen LogP contribution in [0.1, 0.15) is 68.0 Å². The van der Waals surface area contributed by atoms with Crippen molar-refractivity contribution in [1.82, 2.24) is 9.78 Å². The molecule has 1 fully saturated rings. The van der Waals surface area contributed by atoms with Crippen LogP contribution in [0, 0.1) is 12.3 Å². The molecule has 1 aromatic rings. The van der Waals surface area contributed by atoms with Crippen molar-refractivity contribution in [2.75, 3.05) is 0 Å². The minimum atomic E-state index is -0.925. The van der Waals surface area contributed by atoms with Gasteiger partial charge in [-0.15, -0.1) is 0 Å². The normalized spacial score (nSPS) is 26.4. The number of carboxylic acids is 1. The van der Waals surface area contributed by atoms with E-state index in [-0.39, 0.29) is 22.8 Å². The van der Waals surface area contributed by atoms with Crippen molar-refractivity contribution in [3.8, 4) is 0 Å². The van der Waals surface area contributed by atoms with E-state index in [0.717, 1.165) is 31.4 Å². The predicted octanol–water partition coefficient (Wildman–Crippen LogP) is 2.99. The Labute approximate surface area is 119 Å². The largest absolute Gasteiger partial charge is 0.478 e. The van der Waals surface area contributed by atoms with Gasteiger partial charge >= 0.3 is 5.97 Å². The van der Waals surface area contributed by atoms with E-state index in [9.17, 15) is 9.59 Å². The molecule has 0 aromatic carbocycles. The molecular formula is C15H22N2O3. The van der Waals surface area contributed by atoms with Gasteiger partial charge in [0.25, 0.3) is 0 Å². The molecule has 0 aliphatic heterocycles. The van der Waals surface area contributed by atoms with Crippen LogP contribution in [0.3, 0.4) is 0 Å². The van der Waals surface area contributed by atoms with E-state index in [2.05, 4.69) is 12.0 Å². The van der Waals surface area contributed by atoms with E-state index < -0.39 is 5.97 Å². The molecule has 2 rings (SSSR count). The average Bonchev–Trinajstić information content (AvgIpc) is 2.71. The first-order valence-electron chi connectivity index (χ1n) is 7.09. The number of Topliss-reactive ketones (excluding diaryl/α,β-unsaturated/α-hetero) is 1. The number of hydrogen-bond donors (Lipinski definition) is 1. The van der Waals surface area contributed by atoms with Crippen LogP contribution in [-0.4, -0.2) is 26.6 Å². The van der Waals surface area contributed by atoms with E-state index in [1.807, 2.05) is 4.68 Å². The molecule has 110 valence electrons. The van der Waals surface area contributed by atoms with Gasteiger partial charge in [-0.2, -0.15) is 5.10 Å². The second-order valence-corrected chi connectivity index (χ2v) is 6.31. The van der Waals surface area contributed by atoms with Crippen LogP contribution in [0.5, 0.6) is 0 Å². The smallest absolute Gasteiger partial charge is 0.339 e. The number of hydrogen-bond acceptors (Lipinski definition) is 3. The maximum Gasteiger partial charge on any atom is 0.339 e. The number of carbonyl (C=O) groups is 2. The topological polar surface area (TPSA) is 72.2 Å². The van der Waals surface area contributed by atoms with Crippen LogP contribution in [0.15, 0.2) is 6.20 Å². The molecule has 1 N–H and O–H groups in total. The van der Waals surface area contributed by atoms with Gasteiger partial charge in [-0.05, 0) is 44.9 Å². The van der Waals surface area contributed by atoms with E-state index in [1.165, 1.54) is 6.20 Å². The van der Waals surface area contributed by atoms with Crippen molar-refractivity contribution in [2.24, 2.45) is 5.41 Å². The molecule has 0 amide bonds. The molecule has 0 spiro atoms. The fourth-order valence-corrected chi connectivity index (χ4v) is 3.32. The highest BCUT2D eigenvalue weighted by Crippen LogP contribution is 2.43. The number of nitrogens with zero attached hydrogens (tertiary/aromatic N) is 2. The maximum absolute atomic E-state index is 11.3. The second-order valence-electron chi connectivity index (χ2n) is 6.31. The van der Waals surface area contributed by atoms with Crippen molar-refractivity contribution in [3.63, 3.8) is 0 Å². The van der Waals surface area contributed by atoms with Crippen molar-refractivity contribution in [3.05, 3.63) is 17.5 Å². The Hall–Kier alpha value is -1.65. The zero-order valence-corrected chi connectivity index (χ0v) is 12.3. The lowest BCUT2D eigenvalue weighted by Crippen LogP contribution is -2.28. The number of aromatic nitrogens is 2. The Balaban J connectivity index is 2.08. The highest BCUT2D eigenvalue weighted by molar-refractivity contribution is 5.88. The molecule has 0 radical (unpaired) electrons. The van der Waals surface area contributed by atoms with Gasteiger partial charge in [0.1, 0.15) is 11.3 Å². The van der Waals surface area contributed by atoms with Crippen LogP contribution in [0.2, 0.25) is 0 Å². The molecule has 1 heterocycles. The summed E-state index contributed by atoms with van der Waals surface area (Å²) in [5.74, 6) is -0.680. The van der Waals surface area contributed by atoms with Crippen molar-refractivity contribution < 1.29 is 14.7 Å². The van der Waals surface area contributed by atoms with E-state index in [0.29, 0.717) is 6.42 Å². The summed E-state index contributed by atoms with van der Waals surface area (Å²) in [6, 6.07) is 0.253. The van der Waals surface area contributed by atoms with Gasteiger partial charge < -0.3 is 9.90 Å². The Bertz CT molecular complexity index is 525. The molecule has 20 heavy (non-hydrogen) atoms. The zero-order valence-electron chi connectivity index (χ0n) is 12.3. The summed E-state index contributed by atoms with van der Waals surface area (Å²) in [7, 11) is 0. The van der Waals surface area contributed by atoms with Crippen LogP contribution in [0.4, 0.5) is 0 Å². The van der Waals surface area contributed by atoms with Gasteiger partial charge in [0, 0.05) is 6.42 Å². The highest BCUT2D eigenvalue weighted by Gasteiger charge is 2.33. The summed E-state index contributed by atoms with van der Waals surface area (Å²) in [6.07, 6.45) is 5.94. The molecule has 0 unspecified atom stereocenters. The Kier molecular flexibility index (Phi) is 3.97. The number of aromatic carboxylic acids is 1. The van der Waals surface area contributed by atoms with Crippen LogP contribution < -0.4 is 0 Å². The molecule has 1 aromatic heterocycles. The lowest BCUT2D eigenvalue weighted by atomic mass is 9.71. The summed E-state index contributed by atoms with van der Waals surface area (Å²) in [5, 5.41) is 13.3. The molecule has 0 bridgehead atoms. The van der Waals surface area contributed by atoms with Crippen LogP contribution >= 0.6 is 0 Å². The van der Waals surface area contributed by atoms with Gasteiger partial charge in [-0.25, -0.2) is 4.79 Å². The minimum absolute atomic E-state index is 0.0962. The lowest BCUT2D eigenvalue weighted by molar-refractivity contribution is -0.119. The number of carboxylic acid groups (broad SMARTS) is 1. The molecule has 1 saturated carbocycles. The van der Waals surface area contributed by atoms with Gasteiger partial charge in [0.15, 0.2) is 0 Å². The minimum Gasteiger partial charge on any atom is -0.478 e. The first kappa shape index (κ1) is 14.8.